The summed E-state index contributed by atoms with van der Waals surface area (Å²) in [7, 11) is 0. The van der Waals surface area contributed by atoms with Crippen molar-refractivity contribution in [1.29, 1.82) is 0 Å². The second-order valence-corrected chi connectivity index (χ2v) is 4.57. The fourth-order valence-corrected chi connectivity index (χ4v) is 1.66. The Hall–Kier alpha value is 0.100. The molecule has 1 unspecified atom stereocenters. The van der Waals surface area contributed by atoms with E-state index in [1.54, 1.807) is 0 Å². The van der Waals surface area contributed by atoms with Gasteiger partial charge in [0.2, 0.25) is 0 Å². The first-order valence-electron chi connectivity index (χ1n) is 4.24. The van der Waals surface area contributed by atoms with E-state index in [1.807, 2.05) is 13.8 Å². The number of alkyl halides is 3. The van der Waals surface area contributed by atoms with E-state index in [0.717, 1.165) is 6.42 Å². The van der Waals surface area contributed by atoms with Gasteiger partial charge in [0.1, 0.15) is 0 Å². The zero-order valence-electron chi connectivity index (χ0n) is 7.95. The summed E-state index contributed by atoms with van der Waals surface area (Å²) in [6.07, 6.45) is 1.34. The number of hydrogen-bond donors (Lipinski definition) is 1. The molecule has 5 heteroatoms. The highest BCUT2D eigenvalue weighted by Gasteiger charge is 2.29. The number of nitrogens with two attached hydrogens (primary N) is 1. The fourth-order valence-electron chi connectivity index (χ4n) is 0.836. The molecule has 0 saturated carbocycles. The summed E-state index contributed by atoms with van der Waals surface area (Å²) in [5.41, 5.74) is 1.23. The van der Waals surface area contributed by atoms with Gasteiger partial charge in [-0.3, -0.25) is 0 Å². The third-order valence-electron chi connectivity index (χ3n) is 2.32. The van der Waals surface area contributed by atoms with E-state index in [4.69, 9.17) is 5.73 Å². The van der Waals surface area contributed by atoms with E-state index in [-0.39, 0.29) is 22.9 Å². The first-order chi connectivity index (χ1) is 5.83. The van der Waals surface area contributed by atoms with Crippen LogP contribution in [-0.4, -0.2) is 17.8 Å². The highest BCUT2D eigenvalue weighted by Crippen LogP contribution is 2.34. The van der Waals surface area contributed by atoms with E-state index >= 15 is 0 Å². The van der Waals surface area contributed by atoms with Crippen LogP contribution in [0.3, 0.4) is 0 Å². The minimum absolute atomic E-state index is 0.0356. The molecule has 0 aromatic carbocycles. The SMILES string of the molecule is CCC(C)(CN)CCSC(F)(F)F. The van der Waals surface area contributed by atoms with Gasteiger partial charge in [-0.25, -0.2) is 0 Å². The molecule has 0 rings (SSSR count). The summed E-state index contributed by atoms with van der Waals surface area (Å²) in [5, 5.41) is 0. The third kappa shape index (κ3) is 6.21. The van der Waals surface area contributed by atoms with Crippen molar-refractivity contribution in [3.05, 3.63) is 0 Å². The number of hydrogen-bond acceptors (Lipinski definition) is 2. The van der Waals surface area contributed by atoms with Crippen molar-refractivity contribution in [3.63, 3.8) is 0 Å². The lowest BCUT2D eigenvalue weighted by Gasteiger charge is -2.26. The smallest absolute Gasteiger partial charge is 0.330 e. The molecule has 0 spiro atoms. The van der Waals surface area contributed by atoms with Gasteiger partial charge in [0.25, 0.3) is 0 Å². The zero-order chi connectivity index (χ0) is 10.5. The number of halogens is 3. The Morgan fingerprint density at radius 2 is 1.85 bits per heavy atom. The number of thioether (sulfide) groups is 1. The van der Waals surface area contributed by atoms with Gasteiger partial charge in [0.05, 0.1) is 0 Å². The second-order valence-electron chi connectivity index (χ2n) is 3.41. The molecular weight excluding hydrogens is 199 g/mol. The van der Waals surface area contributed by atoms with Crippen LogP contribution in [0.1, 0.15) is 26.7 Å². The third-order valence-corrected chi connectivity index (χ3v) is 3.05. The lowest BCUT2D eigenvalue weighted by molar-refractivity contribution is -0.0329. The Morgan fingerprint density at radius 3 is 2.15 bits per heavy atom. The van der Waals surface area contributed by atoms with Crippen molar-refractivity contribution in [2.75, 3.05) is 12.3 Å². The minimum atomic E-state index is -4.11. The Kier molecular flexibility index (Phi) is 5.14. The zero-order valence-corrected chi connectivity index (χ0v) is 8.76. The molecule has 0 amide bonds. The molecule has 0 aliphatic carbocycles. The van der Waals surface area contributed by atoms with E-state index in [2.05, 4.69) is 0 Å². The molecule has 0 aliphatic rings. The van der Waals surface area contributed by atoms with Gasteiger partial charge in [-0.1, -0.05) is 25.6 Å². The van der Waals surface area contributed by atoms with Crippen LogP contribution in [0.25, 0.3) is 0 Å². The van der Waals surface area contributed by atoms with Crippen LogP contribution < -0.4 is 5.73 Å². The molecule has 0 bridgehead atoms. The average molecular weight is 215 g/mol. The largest absolute Gasteiger partial charge is 0.441 e. The molecule has 0 aliphatic heterocycles. The predicted octanol–water partition coefficient (Wildman–Crippen LogP) is 3.00. The molecule has 1 nitrogen and oxygen atoms in total. The van der Waals surface area contributed by atoms with Gasteiger partial charge in [-0.2, -0.15) is 13.2 Å². The molecule has 0 saturated heterocycles. The molecule has 0 radical (unpaired) electrons. The maximum atomic E-state index is 11.8. The molecule has 0 aromatic rings. The fraction of sp³-hybridized carbons (Fsp3) is 1.00. The molecule has 0 heterocycles. The predicted molar refractivity (Wildman–Crippen MR) is 50.6 cm³/mol. The standard InChI is InChI=1S/C8H16F3NS/c1-3-7(2,6-12)4-5-13-8(9,10)11/h3-6,12H2,1-2H3. The van der Waals surface area contributed by atoms with Crippen molar-refractivity contribution in [2.24, 2.45) is 11.1 Å². The highest BCUT2D eigenvalue weighted by atomic mass is 32.2. The van der Waals surface area contributed by atoms with Crippen molar-refractivity contribution in [2.45, 2.75) is 32.2 Å². The van der Waals surface area contributed by atoms with E-state index in [0.29, 0.717) is 13.0 Å². The maximum absolute atomic E-state index is 11.8. The second kappa shape index (κ2) is 5.10. The van der Waals surface area contributed by atoms with E-state index < -0.39 is 5.51 Å². The Balaban J connectivity index is 3.74. The molecule has 2 N–H and O–H groups in total. The van der Waals surface area contributed by atoms with Crippen LogP contribution in [0.5, 0.6) is 0 Å². The molecule has 80 valence electrons. The van der Waals surface area contributed by atoms with Gasteiger partial charge in [-0.05, 0) is 24.8 Å². The van der Waals surface area contributed by atoms with Crippen molar-refractivity contribution < 1.29 is 13.2 Å². The van der Waals surface area contributed by atoms with Gasteiger partial charge in [0.15, 0.2) is 0 Å². The molecule has 13 heavy (non-hydrogen) atoms. The summed E-state index contributed by atoms with van der Waals surface area (Å²) in [4.78, 5) is 0. The van der Waals surface area contributed by atoms with E-state index in [1.165, 1.54) is 0 Å². The minimum Gasteiger partial charge on any atom is -0.330 e. The lowest BCUT2D eigenvalue weighted by Crippen LogP contribution is -2.27. The van der Waals surface area contributed by atoms with Crippen molar-refractivity contribution in [1.82, 2.24) is 0 Å². The van der Waals surface area contributed by atoms with Crippen LogP contribution >= 0.6 is 11.8 Å². The van der Waals surface area contributed by atoms with Gasteiger partial charge in [0, 0.05) is 5.75 Å². The Morgan fingerprint density at radius 1 is 1.31 bits per heavy atom. The van der Waals surface area contributed by atoms with Crippen LogP contribution in [0.2, 0.25) is 0 Å². The first-order valence-corrected chi connectivity index (χ1v) is 5.22. The quantitative estimate of drug-likeness (QED) is 0.763. The highest BCUT2D eigenvalue weighted by molar-refractivity contribution is 8.00. The van der Waals surface area contributed by atoms with Crippen molar-refractivity contribution in [3.8, 4) is 0 Å². The Labute approximate surface area is 81.3 Å². The maximum Gasteiger partial charge on any atom is 0.441 e. The number of rotatable bonds is 5. The van der Waals surface area contributed by atoms with Gasteiger partial charge in [-0.15, -0.1) is 0 Å². The summed E-state index contributed by atoms with van der Waals surface area (Å²) in [5.74, 6) is 0.102. The average Bonchev–Trinajstić information content (AvgIpc) is 2.02. The normalized spacial score (nSPS) is 17.1. The monoisotopic (exact) mass is 215 g/mol. The first kappa shape index (κ1) is 13.1. The molecular formula is C8H16F3NS. The van der Waals surface area contributed by atoms with Crippen LogP contribution in [0, 0.1) is 5.41 Å². The molecule has 0 aromatic heterocycles. The van der Waals surface area contributed by atoms with Crippen LogP contribution in [-0.2, 0) is 0 Å². The summed E-state index contributed by atoms with van der Waals surface area (Å²) in [6, 6.07) is 0. The molecule has 0 fully saturated rings. The van der Waals surface area contributed by atoms with Crippen LogP contribution in [0.15, 0.2) is 0 Å². The lowest BCUT2D eigenvalue weighted by atomic mass is 9.85. The van der Waals surface area contributed by atoms with E-state index in [9.17, 15) is 13.2 Å². The van der Waals surface area contributed by atoms with Crippen LogP contribution in [0.4, 0.5) is 13.2 Å². The molecule has 1 atom stereocenters. The van der Waals surface area contributed by atoms with Gasteiger partial charge >= 0.3 is 5.51 Å². The topological polar surface area (TPSA) is 26.0 Å². The van der Waals surface area contributed by atoms with Gasteiger partial charge < -0.3 is 5.73 Å². The summed E-state index contributed by atoms with van der Waals surface area (Å²) in [6.45, 7) is 4.32. The summed E-state index contributed by atoms with van der Waals surface area (Å²) >= 11 is 0.0356. The Bertz CT molecular complexity index is 143. The summed E-state index contributed by atoms with van der Waals surface area (Å²) < 4.78 is 35.3. The van der Waals surface area contributed by atoms with Crippen molar-refractivity contribution >= 4 is 11.8 Å².